The number of aryl methyl sites for hydroxylation is 1. The minimum absolute atomic E-state index is 0.332. The van der Waals surface area contributed by atoms with Crippen molar-refractivity contribution in [2.45, 2.75) is 26.4 Å². The fraction of sp³-hybridized carbons (Fsp3) is 0.333. The normalized spacial score (nSPS) is 10.3. The van der Waals surface area contributed by atoms with Crippen LogP contribution in [0.4, 0.5) is 5.69 Å². The van der Waals surface area contributed by atoms with Gasteiger partial charge in [-0.2, -0.15) is 0 Å². The lowest BCUT2D eigenvalue weighted by Gasteiger charge is -2.09. The molecule has 0 aliphatic heterocycles. The molecule has 1 aromatic carbocycles. The number of esters is 1. The smallest absolute Gasteiger partial charge is 0.337 e. The van der Waals surface area contributed by atoms with E-state index in [4.69, 9.17) is 4.74 Å². The molecule has 20 heavy (non-hydrogen) atoms. The molecule has 0 amide bonds. The summed E-state index contributed by atoms with van der Waals surface area (Å²) in [5, 5.41) is 3.27. The van der Waals surface area contributed by atoms with Crippen LogP contribution in [0.2, 0.25) is 0 Å². The first-order valence-corrected chi connectivity index (χ1v) is 6.67. The Bertz CT molecular complexity index is 578. The maximum Gasteiger partial charge on any atom is 0.337 e. The molecule has 0 spiro atoms. The van der Waals surface area contributed by atoms with Gasteiger partial charge in [0.25, 0.3) is 0 Å². The van der Waals surface area contributed by atoms with Gasteiger partial charge in [-0.25, -0.2) is 9.78 Å². The van der Waals surface area contributed by atoms with Gasteiger partial charge in [0.15, 0.2) is 0 Å². The van der Waals surface area contributed by atoms with E-state index < -0.39 is 0 Å². The molecule has 2 aromatic rings. The molecule has 1 heterocycles. The monoisotopic (exact) mass is 273 g/mol. The Morgan fingerprint density at radius 3 is 3.05 bits per heavy atom. The van der Waals surface area contributed by atoms with Crippen LogP contribution < -0.4 is 5.32 Å². The van der Waals surface area contributed by atoms with Crippen molar-refractivity contribution in [1.29, 1.82) is 0 Å². The zero-order valence-corrected chi connectivity index (χ0v) is 11.8. The lowest BCUT2D eigenvalue weighted by atomic mass is 10.2. The molecule has 0 atom stereocenters. The summed E-state index contributed by atoms with van der Waals surface area (Å²) in [7, 11) is 1.38. The van der Waals surface area contributed by atoms with Crippen LogP contribution in [0.15, 0.2) is 36.7 Å². The highest BCUT2D eigenvalue weighted by Gasteiger charge is 2.06. The summed E-state index contributed by atoms with van der Waals surface area (Å²) < 4.78 is 6.83. The molecule has 0 aliphatic carbocycles. The fourth-order valence-electron chi connectivity index (χ4n) is 2.01. The van der Waals surface area contributed by atoms with Crippen molar-refractivity contribution in [2.24, 2.45) is 0 Å². The number of rotatable bonds is 6. The molecule has 0 saturated heterocycles. The highest BCUT2D eigenvalue weighted by atomic mass is 16.5. The largest absolute Gasteiger partial charge is 0.465 e. The standard InChI is InChI=1S/C15H19N3O2/c1-3-8-18-9-7-16-14(18)11-17-13-6-4-5-12(10-13)15(19)20-2/h4-7,9-10,17H,3,8,11H2,1-2H3. The van der Waals surface area contributed by atoms with Gasteiger partial charge < -0.3 is 14.6 Å². The van der Waals surface area contributed by atoms with E-state index in [2.05, 4.69) is 21.8 Å². The van der Waals surface area contributed by atoms with E-state index in [1.54, 1.807) is 18.3 Å². The average Bonchev–Trinajstić information content (AvgIpc) is 2.92. The van der Waals surface area contributed by atoms with Gasteiger partial charge in [-0.05, 0) is 24.6 Å². The van der Waals surface area contributed by atoms with Gasteiger partial charge in [0.2, 0.25) is 0 Å². The quantitative estimate of drug-likeness (QED) is 0.822. The number of benzene rings is 1. The van der Waals surface area contributed by atoms with Gasteiger partial charge in [0, 0.05) is 24.6 Å². The Kier molecular flexibility index (Phi) is 4.76. The molecule has 2 rings (SSSR count). The summed E-state index contributed by atoms with van der Waals surface area (Å²) in [5.41, 5.74) is 1.41. The van der Waals surface area contributed by atoms with Crippen LogP contribution in [0.1, 0.15) is 29.5 Å². The number of carbonyl (C=O) groups is 1. The third-order valence-electron chi connectivity index (χ3n) is 3.00. The number of imidazole rings is 1. The lowest BCUT2D eigenvalue weighted by Crippen LogP contribution is -2.09. The first kappa shape index (κ1) is 14.1. The van der Waals surface area contributed by atoms with Crippen LogP contribution in [0.5, 0.6) is 0 Å². The number of hydrogen-bond acceptors (Lipinski definition) is 4. The number of nitrogens with zero attached hydrogens (tertiary/aromatic N) is 2. The number of aromatic nitrogens is 2. The van der Waals surface area contributed by atoms with E-state index >= 15 is 0 Å². The Balaban J connectivity index is 2.03. The Labute approximate surface area is 118 Å². The molecule has 0 unspecified atom stereocenters. The molecular formula is C15H19N3O2. The van der Waals surface area contributed by atoms with Crippen LogP contribution in [-0.2, 0) is 17.8 Å². The SMILES string of the molecule is CCCn1ccnc1CNc1cccc(C(=O)OC)c1. The number of nitrogens with one attached hydrogen (secondary N) is 1. The third-order valence-corrected chi connectivity index (χ3v) is 3.00. The molecule has 0 fully saturated rings. The van der Waals surface area contributed by atoms with Gasteiger partial charge >= 0.3 is 5.97 Å². The van der Waals surface area contributed by atoms with Gasteiger partial charge in [0.1, 0.15) is 5.82 Å². The molecular weight excluding hydrogens is 254 g/mol. The van der Waals surface area contributed by atoms with E-state index in [1.807, 2.05) is 18.3 Å². The summed E-state index contributed by atoms with van der Waals surface area (Å²) in [6, 6.07) is 7.25. The summed E-state index contributed by atoms with van der Waals surface area (Å²) in [5.74, 6) is 0.649. The van der Waals surface area contributed by atoms with Gasteiger partial charge in [-0.1, -0.05) is 13.0 Å². The molecule has 1 N–H and O–H groups in total. The van der Waals surface area contributed by atoms with Crippen LogP contribution in [-0.4, -0.2) is 22.6 Å². The highest BCUT2D eigenvalue weighted by molar-refractivity contribution is 5.90. The predicted molar refractivity (Wildman–Crippen MR) is 77.6 cm³/mol. The van der Waals surface area contributed by atoms with E-state index in [-0.39, 0.29) is 5.97 Å². The number of methoxy groups -OCH3 is 1. The zero-order valence-electron chi connectivity index (χ0n) is 11.8. The van der Waals surface area contributed by atoms with Crippen LogP contribution in [0, 0.1) is 0 Å². The van der Waals surface area contributed by atoms with Crippen molar-refractivity contribution < 1.29 is 9.53 Å². The Hall–Kier alpha value is -2.30. The Morgan fingerprint density at radius 2 is 2.30 bits per heavy atom. The molecule has 0 bridgehead atoms. The van der Waals surface area contributed by atoms with Crippen LogP contribution in [0.3, 0.4) is 0 Å². The molecule has 1 aromatic heterocycles. The van der Waals surface area contributed by atoms with Crippen molar-refractivity contribution in [3.63, 3.8) is 0 Å². The van der Waals surface area contributed by atoms with E-state index in [0.717, 1.165) is 24.5 Å². The van der Waals surface area contributed by atoms with Gasteiger partial charge in [0.05, 0.1) is 19.2 Å². The van der Waals surface area contributed by atoms with Crippen molar-refractivity contribution in [1.82, 2.24) is 9.55 Å². The minimum atomic E-state index is -0.332. The van der Waals surface area contributed by atoms with Crippen molar-refractivity contribution in [3.8, 4) is 0 Å². The van der Waals surface area contributed by atoms with Gasteiger partial charge in [-0.15, -0.1) is 0 Å². The van der Waals surface area contributed by atoms with Crippen molar-refractivity contribution in [3.05, 3.63) is 48.0 Å². The second kappa shape index (κ2) is 6.75. The fourth-order valence-corrected chi connectivity index (χ4v) is 2.01. The number of anilines is 1. The van der Waals surface area contributed by atoms with E-state index in [9.17, 15) is 4.79 Å². The summed E-state index contributed by atoms with van der Waals surface area (Å²) in [4.78, 5) is 15.8. The van der Waals surface area contributed by atoms with E-state index in [1.165, 1.54) is 7.11 Å². The molecule has 0 saturated carbocycles. The molecule has 106 valence electrons. The molecule has 5 nitrogen and oxygen atoms in total. The number of carbonyl (C=O) groups excluding carboxylic acids is 1. The van der Waals surface area contributed by atoms with Crippen LogP contribution >= 0.6 is 0 Å². The maximum absolute atomic E-state index is 11.5. The first-order valence-electron chi connectivity index (χ1n) is 6.67. The maximum atomic E-state index is 11.5. The molecule has 0 aliphatic rings. The number of hydrogen-bond donors (Lipinski definition) is 1. The number of ether oxygens (including phenoxy) is 1. The summed E-state index contributed by atoms with van der Waals surface area (Å²) in [6.45, 7) is 3.72. The van der Waals surface area contributed by atoms with Crippen molar-refractivity contribution >= 4 is 11.7 Å². The third kappa shape index (κ3) is 3.38. The zero-order chi connectivity index (χ0) is 14.4. The topological polar surface area (TPSA) is 56.2 Å². The second-order valence-electron chi connectivity index (χ2n) is 4.46. The Morgan fingerprint density at radius 1 is 1.45 bits per heavy atom. The van der Waals surface area contributed by atoms with Crippen molar-refractivity contribution in [2.75, 3.05) is 12.4 Å². The minimum Gasteiger partial charge on any atom is -0.465 e. The second-order valence-corrected chi connectivity index (χ2v) is 4.46. The average molecular weight is 273 g/mol. The van der Waals surface area contributed by atoms with Gasteiger partial charge in [-0.3, -0.25) is 0 Å². The molecule has 0 radical (unpaired) electrons. The lowest BCUT2D eigenvalue weighted by molar-refractivity contribution is 0.0601. The first-order chi connectivity index (χ1) is 9.74. The van der Waals surface area contributed by atoms with E-state index in [0.29, 0.717) is 12.1 Å². The summed E-state index contributed by atoms with van der Waals surface area (Å²) in [6.07, 6.45) is 4.85. The molecule has 5 heteroatoms. The predicted octanol–water partition coefficient (Wildman–Crippen LogP) is 2.69. The summed E-state index contributed by atoms with van der Waals surface area (Å²) >= 11 is 0. The highest BCUT2D eigenvalue weighted by Crippen LogP contribution is 2.13. The van der Waals surface area contributed by atoms with Crippen LogP contribution in [0.25, 0.3) is 0 Å².